The molecule has 0 spiro atoms. The number of nitrogens with one attached hydrogen (secondary N) is 1. The lowest BCUT2D eigenvalue weighted by Crippen LogP contribution is -2.48. The minimum absolute atomic E-state index is 0.0782. The van der Waals surface area contributed by atoms with Crippen LogP contribution >= 0.6 is 15.9 Å². The summed E-state index contributed by atoms with van der Waals surface area (Å²) >= 11 is 3.36. The Bertz CT molecular complexity index is 574. The number of carbonyl (C=O) groups excluding carboxylic acids is 1. The Labute approximate surface area is 154 Å². The normalized spacial score (nSPS) is 15.0. The van der Waals surface area contributed by atoms with Crippen molar-refractivity contribution < 1.29 is 18.0 Å². The van der Waals surface area contributed by atoms with Gasteiger partial charge in [-0.1, -0.05) is 15.9 Å². The van der Waals surface area contributed by atoms with Crippen LogP contribution in [0.4, 0.5) is 18.0 Å². The van der Waals surface area contributed by atoms with E-state index < -0.39 is 24.9 Å². The van der Waals surface area contributed by atoms with Gasteiger partial charge in [-0.25, -0.2) is 13.6 Å². The maximum atomic E-state index is 14.0. The first kappa shape index (κ1) is 21.5. The summed E-state index contributed by atoms with van der Waals surface area (Å²) in [7, 11) is 0. The molecule has 0 aliphatic heterocycles. The van der Waals surface area contributed by atoms with Crippen molar-refractivity contribution in [3.63, 3.8) is 0 Å². The predicted molar refractivity (Wildman–Crippen MR) is 95.4 cm³/mol. The van der Waals surface area contributed by atoms with Gasteiger partial charge < -0.3 is 10.2 Å². The molecular weight excluding hydrogens is 399 g/mol. The Balaban J connectivity index is 2.87. The Morgan fingerprint density at radius 2 is 2.24 bits per heavy atom. The lowest BCUT2D eigenvalue weighted by Gasteiger charge is -2.30. The fourth-order valence-electron chi connectivity index (χ4n) is 2.46. The van der Waals surface area contributed by atoms with Crippen molar-refractivity contribution in [3.05, 3.63) is 40.9 Å². The highest BCUT2D eigenvalue weighted by Crippen LogP contribution is 2.21. The van der Waals surface area contributed by atoms with Crippen LogP contribution in [-0.4, -0.2) is 41.3 Å². The summed E-state index contributed by atoms with van der Waals surface area (Å²) in [5.41, 5.74) is 0.673. The van der Waals surface area contributed by atoms with Gasteiger partial charge in [0.25, 0.3) is 0 Å². The zero-order valence-corrected chi connectivity index (χ0v) is 15.8. The number of rotatable bonds is 9. The van der Waals surface area contributed by atoms with Crippen LogP contribution in [0.3, 0.4) is 0 Å². The van der Waals surface area contributed by atoms with Crippen molar-refractivity contribution >= 4 is 22.0 Å². The molecule has 1 rings (SSSR count). The lowest BCUT2D eigenvalue weighted by molar-refractivity contribution is 0.169. The summed E-state index contributed by atoms with van der Waals surface area (Å²) in [5, 5.41) is 2.54. The largest absolute Gasteiger partial charge is 0.332 e. The highest BCUT2D eigenvalue weighted by atomic mass is 79.9. The molecule has 2 amide bonds. The van der Waals surface area contributed by atoms with Crippen LogP contribution in [-0.2, 0) is 0 Å². The molecule has 0 saturated carbocycles. The van der Waals surface area contributed by atoms with E-state index in [1.54, 1.807) is 25.3 Å². The van der Waals surface area contributed by atoms with Crippen molar-refractivity contribution in [2.24, 2.45) is 0 Å². The Morgan fingerprint density at radius 1 is 1.52 bits per heavy atom. The van der Waals surface area contributed by atoms with Gasteiger partial charge in [0.15, 0.2) is 0 Å². The van der Waals surface area contributed by atoms with Gasteiger partial charge in [0.1, 0.15) is 6.17 Å². The third-order valence-electron chi connectivity index (χ3n) is 3.84. The summed E-state index contributed by atoms with van der Waals surface area (Å²) in [5.74, 6) is 0. The second kappa shape index (κ2) is 11.1. The van der Waals surface area contributed by atoms with Crippen LogP contribution in [0.15, 0.2) is 35.2 Å². The quantitative estimate of drug-likeness (QED) is 0.617. The van der Waals surface area contributed by atoms with Crippen LogP contribution < -0.4 is 5.32 Å². The standard InChI is InChI=1S/C17H23BrF3N3O/c1-3-24(12(2)16-11-13(18)7-10-22-16)17(25)23-15(5-4-8-19)14(21)6-9-20/h6-7,9-12,14-15H,3-5,8H2,1-2H3,(H,23,25)/t12-,14?,15?/m1/s1. The third kappa shape index (κ3) is 6.68. The minimum Gasteiger partial charge on any atom is -0.332 e. The molecule has 0 radical (unpaired) electrons. The topological polar surface area (TPSA) is 45.2 Å². The van der Waals surface area contributed by atoms with Crippen molar-refractivity contribution in [1.82, 2.24) is 15.2 Å². The van der Waals surface area contributed by atoms with E-state index in [2.05, 4.69) is 26.2 Å². The average molecular weight is 422 g/mol. The van der Waals surface area contributed by atoms with E-state index in [0.29, 0.717) is 18.3 Å². The number of alkyl halides is 2. The summed E-state index contributed by atoms with van der Waals surface area (Å²) in [4.78, 5) is 18.3. The molecule has 0 aliphatic carbocycles. The molecule has 25 heavy (non-hydrogen) atoms. The first-order chi connectivity index (χ1) is 11.9. The SMILES string of the molecule is CCN(C(=O)NC(CCCF)C(F)C=CF)[C@H](C)c1cc(Br)ccn1. The molecule has 140 valence electrons. The molecule has 1 N–H and O–H groups in total. The number of aromatic nitrogens is 1. The summed E-state index contributed by atoms with van der Waals surface area (Å²) in [6, 6.07) is 1.73. The monoisotopic (exact) mass is 421 g/mol. The van der Waals surface area contributed by atoms with Crippen molar-refractivity contribution in [1.29, 1.82) is 0 Å². The Kier molecular flexibility index (Phi) is 9.55. The molecule has 0 aromatic carbocycles. The van der Waals surface area contributed by atoms with Crippen molar-refractivity contribution in [2.45, 2.75) is 44.9 Å². The number of amides is 2. The number of halogens is 4. The van der Waals surface area contributed by atoms with Gasteiger partial charge in [-0.15, -0.1) is 0 Å². The molecule has 1 heterocycles. The van der Waals surface area contributed by atoms with Gasteiger partial charge in [-0.2, -0.15) is 0 Å². The second-order valence-corrected chi connectivity index (χ2v) is 6.43. The molecule has 8 heteroatoms. The van der Waals surface area contributed by atoms with Crippen molar-refractivity contribution in [3.8, 4) is 0 Å². The fraction of sp³-hybridized carbons (Fsp3) is 0.529. The summed E-state index contributed by atoms with van der Waals surface area (Å²) in [6.07, 6.45) is 0.854. The molecule has 1 aromatic rings. The van der Waals surface area contributed by atoms with Crippen LogP contribution in [0, 0.1) is 0 Å². The molecule has 0 aliphatic rings. The predicted octanol–water partition coefficient (Wildman–Crippen LogP) is 4.88. The smallest absolute Gasteiger partial charge is 0.318 e. The maximum absolute atomic E-state index is 14.0. The average Bonchev–Trinajstić information content (AvgIpc) is 2.59. The number of pyridine rings is 1. The first-order valence-corrected chi connectivity index (χ1v) is 8.89. The zero-order valence-electron chi connectivity index (χ0n) is 14.3. The molecule has 2 unspecified atom stereocenters. The van der Waals surface area contributed by atoms with Gasteiger partial charge in [-0.05, 0) is 44.9 Å². The number of carbonyl (C=O) groups is 1. The van der Waals surface area contributed by atoms with Gasteiger partial charge in [-0.3, -0.25) is 9.37 Å². The van der Waals surface area contributed by atoms with E-state index in [0.717, 1.165) is 4.47 Å². The molecule has 0 bridgehead atoms. The lowest BCUT2D eigenvalue weighted by atomic mass is 10.1. The van der Waals surface area contributed by atoms with E-state index in [4.69, 9.17) is 0 Å². The number of urea groups is 1. The van der Waals surface area contributed by atoms with Gasteiger partial charge >= 0.3 is 6.03 Å². The Morgan fingerprint density at radius 3 is 2.80 bits per heavy atom. The number of hydrogen-bond donors (Lipinski definition) is 1. The van der Waals surface area contributed by atoms with E-state index in [-0.39, 0.29) is 25.2 Å². The number of nitrogens with zero attached hydrogens (tertiary/aromatic N) is 2. The molecule has 3 atom stereocenters. The third-order valence-corrected chi connectivity index (χ3v) is 4.33. The molecule has 0 saturated heterocycles. The number of hydrogen-bond acceptors (Lipinski definition) is 2. The first-order valence-electron chi connectivity index (χ1n) is 8.10. The van der Waals surface area contributed by atoms with E-state index in [1.165, 1.54) is 4.90 Å². The van der Waals surface area contributed by atoms with Crippen LogP contribution in [0.5, 0.6) is 0 Å². The van der Waals surface area contributed by atoms with E-state index >= 15 is 0 Å². The van der Waals surface area contributed by atoms with E-state index in [9.17, 15) is 18.0 Å². The zero-order chi connectivity index (χ0) is 18.8. The van der Waals surface area contributed by atoms with Crippen molar-refractivity contribution in [2.75, 3.05) is 13.2 Å². The fourth-order valence-corrected chi connectivity index (χ4v) is 2.81. The second-order valence-electron chi connectivity index (χ2n) is 5.51. The summed E-state index contributed by atoms with van der Waals surface area (Å²) in [6.45, 7) is 3.34. The summed E-state index contributed by atoms with van der Waals surface area (Å²) < 4.78 is 39.5. The van der Waals surface area contributed by atoms with E-state index in [1.807, 2.05) is 6.92 Å². The Hall–Kier alpha value is -1.57. The van der Waals surface area contributed by atoms with Crippen LogP contribution in [0.25, 0.3) is 0 Å². The van der Waals surface area contributed by atoms with Crippen LogP contribution in [0.1, 0.15) is 38.4 Å². The molecular formula is C17H23BrF3N3O. The van der Waals surface area contributed by atoms with Gasteiger partial charge in [0.05, 0.1) is 30.8 Å². The molecule has 4 nitrogen and oxygen atoms in total. The van der Waals surface area contributed by atoms with Crippen LogP contribution in [0.2, 0.25) is 0 Å². The molecule has 0 fully saturated rings. The minimum atomic E-state index is -1.72. The highest BCUT2D eigenvalue weighted by Gasteiger charge is 2.26. The maximum Gasteiger partial charge on any atom is 0.318 e. The molecule has 1 aromatic heterocycles. The van der Waals surface area contributed by atoms with Gasteiger partial charge in [0, 0.05) is 17.2 Å². The van der Waals surface area contributed by atoms with Gasteiger partial charge in [0.2, 0.25) is 0 Å². The highest BCUT2D eigenvalue weighted by molar-refractivity contribution is 9.10.